The SMILES string of the molecule is O=C(COC(=O)c1ccc(-n2cnnn2)cc1)NC(=O)c1cccs1. The number of nitrogens with one attached hydrogen (secondary N) is 1. The molecule has 0 unspecified atom stereocenters. The van der Waals surface area contributed by atoms with Gasteiger partial charge in [0.1, 0.15) is 6.33 Å². The van der Waals surface area contributed by atoms with Crippen molar-refractivity contribution in [2.24, 2.45) is 0 Å². The minimum atomic E-state index is -0.697. The summed E-state index contributed by atoms with van der Waals surface area (Å²) in [6, 6.07) is 9.59. The van der Waals surface area contributed by atoms with Crippen LogP contribution in [0.15, 0.2) is 48.1 Å². The molecule has 3 aromatic rings. The molecular formula is C15H11N5O4S. The first-order valence-corrected chi connectivity index (χ1v) is 7.89. The molecule has 25 heavy (non-hydrogen) atoms. The molecule has 2 aromatic heterocycles. The molecule has 0 aliphatic carbocycles. The predicted octanol–water partition coefficient (Wildman–Crippen LogP) is 0.837. The predicted molar refractivity (Wildman–Crippen MR) is 86.2 cm³/mol. The van der Waals surface area contributed by atoms with Crippen molar-refractivity contribution in [2.45, 2.75) is 0 Å². The van der Waals surface area contributed by atoms with Crippen molar-refractivity contribution in [3.8, 4) is 5.69 Å². The summed E-state index contributed by atoms with van der Waals surface area (Å²) in [6.07, 6.45) is 1.42. The number of hydrogen-bond acceptors (Lipinski definition) is 8. The minimum absolute atomic E-state index is 0.259. The molecule has 126 valence electrons. The zero-order chi connectivity index (χ0) is 17.6. The first-order valence-electron chi connectivity index (χ1n) is 7.02. The van der Waals surface area contributed by atoms with E-state index in [0.29, 0.717) is 10.6 Å². The highest BCUT2D eigenvalue weighted by atomic mass is 32.1. The zero-order valence-electron chi connectivity index (χ0n) is 12.7. The number of rotatable bonds is 5. The Balaban J connectivity index is 1.52. The lowest BCUT2D eigenvalue weighted by molar-refractivity contribution is -0.123. The van der Waals surface area contributed by atoms with E-state index in [0.717, 1.165) is 0 Å². The number of amides is 2. The van der Waals surface area contributed by atoms with Crippen LogP contribution in [0.1, 0.15) is 20.0 Å². The van der Waals surface area contributed by atoms with E-state index in [-0.39, 0.29) is 5.56 Å². The Labute approximate surface area is 145 Å². The first kappa shape index (κ1) is 16.5. The first-order chi connectivity index (χ1) is 12.1. The highest BCUT2D eigenvalue weighted by Gasteiger charge is 2.14. The van der Waals surface area contributed by atoms with E-state index in [1.807, 2.05) is 0 Å². The smallest absolute Gasteiger partial charge is 0.338 e. The van der Waals surface area contributed by atoms with E-state index in [9.17, 15) is 14.4 Å². The molecule has 1 N–H and O–H groups in total. The zero-order valence-corrected chi connectivity index (χ0v) is 13.5. The fourth-order valence-corrected chi connectivity index (χ4v) is 2.50. The van der Waals surface area contributed by atoms with Gasteiger partial charge in [0, 0.05) is 0 Å². The van der Waals surface area contributed by atoms with Gasteiger partial charge in [-0.2, -0.15) is 0 Å². The minimum Gasteiger partial charge on any atom is -0.452 e. The molecule has 3 rings (SSSR count). The second-order valence-electron chi connectivity index (χ2n) is 4.73. The number of nitrogens with zero attached hydrogens (tertiary/aromatic N) is 4. The van der Waals surface area contributed by atoms with Crippen LogP contribution in [0.2, 0.25) is 0 Å². The average molecular weight is 357 g/mol. The summed E-state index contributed by atoms with van der Waals surface area (Å²) in [5.41, 5.74) is 0.926. The van der Waals surface area contributed by atoms with Gasteiger partial charge in [0.25, 0.3) is 11.8 Å². The molecule has 0 spiro atoms. The van der Waals surface area contributed by atoms with Gasteiger partial charge < -0.3 is 4.74 Å². The Hall–Kier alpha value is -3.40. The third kappa shape index (κ3) is 4.12. The highest BCUT2D eigenvalue weighted by molar-refractivity contribution is 7.12. The van der Waals surface area contributed by atoms with Crippen molar-refractivity contribution in [1.29, 1.82) is 0 Å². The summed E-state index contributed by atoms with van der Waals surface area (Å²) in [5, 5.41) is 14.6. The molecular weight excluding hydrogens is 346 g/mol. The molecule has 0 saturated carbocycles. The summed E-state index contributed by atoms with van der Waals surface area (Å²) < 4.78 is 6.32. The summed E-state index contributed by atoms with van der Waals surface area (Å²) in [7, 11) is 0. The maximum Gasteiger partial charge on any atom is 0.338 e. The van der Waals surface area contributed by atoms with Gasteiger partial charge in [-0.25, -0.2) is 9.48 Å². The highest BCUT2D eigenvalue weighted by Crippen LogP contribution is 2.09. The van der Waals surface area contributed by atoms with Crippen LogP contribution in [0.5, 0.6) is 0 Å². The van der Waals surface area contributed by atoms with Crippen molar-refractivity contribution in [2.75, 3.05) is 6.61 Å². The van der Waals surface area contributed by atoms with Gasteiger partial charge in [0.2, 0.25) is 0 Å². The molecule has 0 aliphatic heterocycles. The molecule has 9 nitrogen and oxygen atoms in total. The third-order valence-electron chi connectivity index (χ3n) is 3.05. The monoisotopic (exact) mass is 357 g/mol. The second kappa shape index (κ2) is 7.45. The van der Waals surface area contributed by atoms with Crippen LogP contribution in [-0.2, 0) is 9.53 Å². The molecule has 0 saturated heterocycles. The lowest BCUT2D eigenvalue weighted by Crippen LogP contribution is -2.33. The fourth-order valence-electron chi connectivity index (χ4n) is 1.88. The Morgan fingerprint density at radius 1 is 1.16 bits per heavy atom. The standard InChI is InChI=1S/C15H11N5O4S/c21-13(17-14(22)12-2-1-7-25-12)8-24-15(23)10-3-5-11(6-4-10)20-9-16-18-19-20/h1-7,9H,8H2,(H,17,21,22). The van der Waals surface area contributed by atoms with Crippen LogP contribution >= 0.6 is 11.3 Å². The van der Waals surface area contributed by atoms with Gasteiger partial charge in [-0.15, -0.1) is 16.4 Å². The number of imide groups is 1. The summed E-state index contributed by atoms with van der Waals surface area (Å²) in [4.78, 5) is 35.7. The maximum absolute atomic E-state index is 11.9. The van der Waals surface area contributed by atoms with Crippen LogP contribution in [0.25, 0.3) is 5.69 Å². The van der Waals surface area contributed by atoms with E-state index in [1.54, 1.807) is 29.6 Å². The van der Waals surface area contributed by atoms with Gasteiger partial charge in [-0.05, 0) is 46.1 Å². The van der Waals surface area contributed by atoms with Crippen molar-refractivity contribution >= 4 is 29.1 Å². The van der Waals surface area contributed by atoms with Gasteiger partial charge in [0.15, 0.2) is 6.61 Å². The van der Waals surface area contributed by atoms with Crippen LogP contribution in [0, 0.1) is 0 Å². The Morgan fingerprint density at radius 3 is 2.60 bits per heavy atom. The number of aromatic nitrogens is 4. The number of benzene rings is 1. The van der Waals surface area contributed by atoms with E-state index in [4.69, 9.17) is 4.74 Å². The molecule has 0 bridgehead atoms. The average Bonchev–Trinajstić information content (AvgIpc) is 3.33. The summed E-state index contributed by atoms with van der Waals surface area (Å²) >= 11 is 1.21. The largest absolute Gasteiger partial charge is 0.452 e. The second-order valence-corrected chi connectivity index (χ2v) is 5.68. The number of tetrazole rings is 1. The van der Waals surface area contributed by atoms with Gasteiger partial charge >= 0.3 is 5.97 Å². The summed E-state index contributed by atoms with van der Waals surface area (Å²) in [6.45, 7) is -0.551. The molecule has 1 aromatic carbocycles. The number of carbonyl (C=O) groups is 3. The molecule has 2 amide bonds. The van der Waals surface area contributed by atoms with Gasteiger partial charge in [-0.1, -0.05) is 6.07 Å². The number of ether oxygens (including phenoxy) is 1. The van der Waals surface area contributed by atoms with Gasteiger partial charge in [0.05, 0.1) is 16.1 Å². The number of carbonyl (C=O) groups excluding carboxylic acids is 3. The van der Waals surface area contributed by atoms with E-state index < -0.39 is 24.4 Å². The molecule has 2 heterocycles. The Bertz CT molecular complexity index is 875. The van der Waals surface area contributed by atoms with Crippen molar-refractivity contribution in [3.63, 3.8) is 0 Å². The fraction of sp³-hybridized carbons (Fsp3) is 0.0667. The third-order valence-corrected chi connectivity index (χ3v) is 3.92. The Kier molecular flexibility index (Phi) is 4.90. The van der Waals surface area contributed by atoms with Crippen molar-refractivity contribution in [3.05, 3.63) is 58.5 Å². The number of thiophene rings is 1. The van der Waals surface area contributed by atoms with E-state index in [1.165, 1.54) is 34.5 Å². The van der Waals surface area contributed by atoms with Crippen molar-refractivity contribution in [1.82, 2.24) is 25.5 Å². The van der Waals surface area contributed by atoms with Crippen LogP contribution < -0.4 is 5.32 Å². The maximum atomic E-state index is 11.9. The van der Waals surface area contributed by atoms with Crippen LogP contribution in [0.4, 0.5) is 0 Å². The van der Waals surface area contributed by atoms with E-state index in [2.05, 4.69) is 20.8 Å². The van der Waals surface area contributed by atoms with Gasteiger partial charge in [-0.3, -0.25) is 14.9 Å². The summed E-state index contributed by atoms with van der Waals surface area (Å²) in [5.74, 6) is -1.90. The van der Waals surface area contributed by atoms with Crippen LogP contribution in [0.3, 0.4) is 0 Å². The van der Waals surface area contributed by atoms with Crippen LogP contribution in [-0.4, -0.2) is 44.6 Å². The topological polar surface area (TPSA) is 116 Å². The molecule has 0 fully saturated rings. The van der Waals surface area contributed by atoms with E-state index >= 15 is 0 Å². The molecule has 0 radical (unpaired) electrons. The quantitative estimate of drug-likeness (QED) is 0.673. The number of esters is 1. The normalized spacial score (nSPS) is 10.2. The lowest BCUT2D eigenvalue weighted by atomic mass is 10.2. The lowest BCUT2D eigenvalue weighted by Gasteiger charge is -2.06. The molecule has 0 atom stereocenters. The Morgan fingerprint density at radius 2 is 1.96 bits per heavy atom. The molecule has 0 aliphatic rings. The molecule has 10 heteroatoms. The van der Waals surface area contributed by atoms with Crippen molar-refractivity contribution < 1.29 is 19.1 Å². The number of hydrogen-bond donors (Lipinski definition) is 1.